The second-order valence-electron chi connectivity index (χ2n) is 3.83. The van der Waals surface area contributed by atoms with Gasteiger partial charge in [0, 0.05) is 11.6 Å². The van der Waals surface area contributed by atoms with Gasteiger partial charge in [-0.05, 0) is 24.3 Å². The Bertz CT molecular complexity index is 665. The summed E-state index contributed by atoms with van der Waals surface area (Å²) in [6.45, 7) is 0. The molecule has 1 aliphatic rings. The van der Waals surface area contributed by atoms with Crippen LogP contribution in [0, 0.1) is 0 Å². The highest BCUT2D eigenvalue weighted by Crippen LogP contribution is 2.21. The average Bonchev–Trinajstić information content (AvgIpc) is 2.53. The third kappa shape index (κ3) is 1.50. The first-order valence-electron chi connectivity index (χ1n) is 5.24. The van der Waals surface area contributed by atoms with Crippen LogP contribution in [0.25, 0.3) is 17.0 Å². The Morgan fingerprint density at radius 3 is 2.88 bits per heavy atom. The lowest BCUT2D eigenvalue weighted by molar-refractivity contribution is -0.132. The van der Waals surface area contributed by atoms with Gasteiger partial charge in [-0.25, -0.2) is 4.79 Å². The zero-order valence-corrected chi connectivity index (χ0v) is 8.92. The number of aromatic nitrogens is 1. The van der Waals surface area contributed by atoms with Crippen molar-refractivity contribution < 1.29 is 9.90 Å². The van der Waals surface area contributed by atoms with Gasteiger partial charge in [-0.15, -0.1) is 0 Å². The van der Waals surface area contributed by atoms with Crippen molar-refractivity contribution >= 4 is 22.9 Å². The lowest BCUT2D eigenvalue weighted by Crippen LogP contribution is -2.10. The van der Waals surface area contributed by atoms with E-state index in [0.717, 1.165) is 16.6 Å². The van der Waals surface area contributed by atoms with E-state index < -0.39 is 5.97 Å². The number of carboxylic acid groups (broad SMARTS) is 1. The molecular weight excluding hydrogens is 216 g/mol. The van der Waals surface area contributed by atoms with Gasteiger partial charge in [-0.1, -0.05) is 18.2 Å². The third-order valence-corrected chi connectivity index (χ3v) is 2.77. The van der Waals surface area contributed by atoms with Crippen molar-refractivity contribution in [3.8, 4) is 0 Å². The minimum Gasteiger partial charge on any atom is -0.478 e. The molecule has 0 radical (unpaired) electrons. The molecule has 0 saturated heterocycles. The van der Waals surface area contributed by atoms with Gasteiger partial charge in [0.2, 0.25) is 0 Å². The van der Waals surface area contributed by atoms with E-state index in [1.165, 1.54) is 6.20 Å². The van der Waals surface area contributed by atoms with Crippen LogP contribution in [0.5, 0.6) is 0 Å². The summed E-state index contributed by atoms with van der Waals surface area (Å²) in [6.07, 6.45) is 4.87. The zero-order chi connectivity index (χ0) is 11.8. The van der Waals surface area contributed by atoms with E-state index in [1.54, 1.807) is 12.2 Å². The van der Waals surface area contributed by atoms with Gasteiger partial charge in [-0.2, -0.15) is 0 Å². The zero-order valence-electron chi connectivity index (χ0n) is 8.92. The van der Waals surface area contributed by atoms with Gasteiger partial charge in [0.15, 0.2) is 0 Å². The molecule has 0 spiro atoms. The molecule has 17 heavy (non-hydrogen) atoms. The van der Waals surface area contributed by atoms with E-state index in [4.69, 9.17) is 5.11 Å². The molecule has 2 aromatic rings. The van der Waals surface area contributed by atoms with Gasteiger partial charge in [0.1, 0.15) is 0 Å². The maximum absolute atomic E-state index is 10.9. The quantitative estimate of drug-likeness (QED) is 0.783. The number of hydrogen-bond donors (Lipinski definition) is 2. The van der Waals surface area contributed by atoms with Crippen LogP contribution in [0.1, 0.15) is 5.69 Å². The summed E-state index contributed by atoms with van der Waals surface area (Å²) in [4.78, 5) is 10.9. The summed E-state index contributed by atoms with van der Waals surface area (Å²) in [5.41, 5.74) is 5.18. The van der Waals surface area contributed by atoms with Crippen LogP contribution in [-0.4, -0.2) is 15.8 Å². The number of carbonyl (C=O) groups is 1. The first kappa shape index (κ1) is 9.72. The fourth-order valence-electron chi connectivity index (χ4n) is 1.93. The van der Waals surface area contributed by atoms with Crippen molar-refractivity contribution in [2.45, 2.75) is 0 Å². The first-order valence-corrected chi connectivity index (χ1v) is 5.24. The molecule has 0 atom stereocenters. The molecule has 1 aliphatic heterocycles. The van der Waals surface area contributed by atoms with Crippen molar-refractivity contribution in [2.75, 3.05) is 5.43 Å². The van der Waals surface area contributed by atoms with Gasteiger partial charge >= 0.3 is 5.97 Å². The Kier molecular flexibility index (Phi) is 2.01. The van der Waals surface area contributed by atoms with Gasteiger partial charge in [0.25, 0.3) is 0 Å². The molecule has 2 heterocycles. The predicted octanol–water partition coefficient (Wildman–Crippen LogP) is 2.18. The van der Waals surface area contributed by atoms with Crippen LogP contribution in [0.15, 0.2) is 48.2 Å². The molecular formula is C13H10N2O2. The van der Waals surface area contributed by atoms with E-state index >= 15 is 0 Å². The van der Waals surface area contributed by atoms with Crippen molar-refractivity contribution in [3.05, 3.63) is 53.9 Å². The van der Waals surface area contributed by atoms with E-state index in [0.29, 0.717) is 0 Å². The van der Waals surface area contributed by atoms with Gasteiger partial charge in [0.05, 0.1) is 16.8 Å². The molecule has 1 aromatic heterocycles. The number of hydrogen-bond acceptors (Lipinski definition) is 2. The molecule has 2 N–H and O–H groups in total. The normalized spacial score (nSPS) is 13.8. The monoisotopic (exact) mass is 226 g/mol. The summed E-state index contributed by atoms with van der Waals surface area (Å²) < 4.78 is 1.86. The number of para-hydroxylation sites is 1. The van der Waals surface area contributed by atoms with Crippen molar-refractivity contribution in [1.82, 2.24) is 4.68 Å². The van der Waals surface area contributed by atoms with Crippen LogP contribution < -0.4 is 5.43 Å². The van der Waals surface area contributed by atoms with Gasteiger partial charge in [-0.3, -0.25) is 4.68 Å². The summed E-state index contributed by atoms with van der Waals surface area (Å²) in [5.74, 6) is -0.941. The molecule has 3 rings (SSSR count). The molecule has 1 aromatic carbocycles. The summed E-state index contributed by atoms with van der Waals surface area (Å²) in [5, 5.41) is 10.0. The number of rotatable bonds is 1. The number of aliphatic carboxylic acids is 1. The van der Waals surface area contributed by atoms with Crippen molar-refractivity contribution in [3.63, 3.8) is 0 Å². The summed E-state index contributed by atoms with van der Waals surface area (Å²) in [7, 11) is 0. The van der Waals surface area contributed by atoms with E-state index in [9.17, 15) is 4.79 Å². The Hall–Kier alpha value is -2.49. The van der Waals surface area contributed by atoms with Crippen LogP contribution in [-0.2, 0) is 4.79 Å². The number of fused-ring (bicyclic) bond motifs is 3. The van der Waals surface area contributed by atoms with Gasteiger partial charge < -0.3 is 10.5 Å². The Morgan fingerprint density at radius 2 is 2.06 bits per heavy atom. The van der Waals surface area contributed by atoms with Crippen LogP contribution >= 0.6 is 0 Å². The fourth-order valence-corrected chi connectivity index (χ4v) is 1.93. The highest BCUT2D eigenvalue weighted by molar-refractivity contribution is 5.93. The van der Waals surface area contributed by atoms with E-state index in [-0.39, 0.29) is 5.57 Å². The molecule has 0 fully saturated rings. The summed E-state index contributed by atoms with van der Waals surface area (Å²) >= 11 is 0. The topological polar surface area (TPSA) is 54.3 Å². The average molecular weight is 226 g/mol. The summed E-state index contributed by atoms with van der Waals surface area (Å²) in [6, 6.07) is 9.95. The highest BCUT2D eigenvalue weighted by atomic mass is 16.4. The standard InChI is InChI=1S/C13H10N2O2/c16-13(17)10-5-6-11-7-9-3-1-2-4-12(9)15(11)14-8-10/h1-8,14H,(H,16,17). The molecule has 0 aliphatic carbocycles. The Labute approximate surface area is 97.4 Å². The number of nitrogens with one attached hydrogen (secondary N) is 1. The molecule has 4 nitrogen and oxygen atoms in total. The second-order valence-corrected chi connectivity index (χ2v) is 3.83. The predicted molar refractivity (Wildman–Crippen MR) is 66.1 cm³/mol. The second kappa shape index (κ2) is 3.52. The SMILES string of the molecule is O=C(O)C1=CNn2c(cc3ccccc32)C=C1. The molecule has 84 valence electrons. The lowest BCUT2D eigenvalue weighted by atomic mass is 10.2. The van der Waals surface area contributed by atoms with E-state index in [2.05, 4.69) is 5.43 Å². The Morgan fingerprint density at radius 1 is 1.24 bits per heavy atom. The maximum atomic E-state index is 10.9. The Balaban J connectivity index is 2.17. The number of nitrogens with zero attached hydrogens (tertiary/aromatic N) is 1. The molecule has 4 heteroatoms. The first-order chi connectivity index (χ1) is 8.25. The molecule has 0 bridgehead atoms. The largest absolute Gasteiger partial charge is 0.478 e. The number of carboxylic acids is 1. The third-order valence-electron chi connectivity index (χ3n) is 2.77. The number of benzene rings is 1. The van der Waals surface area contributed by atoms with Crippen molar-refractivity contribution in [1.29, 1.82) is 0 Å². The van der Waals surface area contributed by atoms with Crippen LogP contribution in [0.4, 0.5) is 0 Å². The fraction of sp³-hybridized carbons (Fsp3) is 0. The highest BCUT2D eigenvalue weighted by Gasteiger charge is 2.10. The maximum Gasteiger partial charge on any atom is 0.337 e. The van der Waals surface area contributed by atoms with Crippen LogP contribution in [0.3, 0.4) is 0 Å². The minimum absolute atomic E-state index is 0.234. The van der Waals surface area contributed by atoms with Crippen LogP contribution in [0.2, 0.25) is 0 Å². The lowest BCUT2D eigenvalue weighted by Gasteiger charge is -2.06. The minimum atomic E-state index is -0.941. The van der Waals surface area contributed by atoms with Crippen molar-refractivity contribution in [2.24, 2.45) is 0 Å². The smallest absolute Gasteiger partial charge is 0.337 e. The van der Waals surface area contributed by atoms with E-state index in [1.807, 2.05) is 35.0 Å². The molecule has 0 unspecified atom stereocenters. The molecule has 0 amide bonds. The molecule has 0 saturated carbocycles.